The molecule has 98 valence electrons. The molecule has 0 radical (unpaired) electrons. The molecule has 0 aliphatic carbocycles. The molecule has 1 amide bonds. The van der Waals surface area contributed by atoms with E-state index in [1.54, 1.807) is 0 Å². The second-order valence-corrected chi connectivity index (χ2v) is 4.45. The highest BCUT2D eigenvalue weighted by Gasteiger charge is 2.17. The zero-order chi connectivity index (χ0) is 13.7. The number of benzene rings is 1. The molecule has 0 aromatic heterocycles. The maximum atomic E-state index is 13.3. The first-order chi connectivity index (χ1) is 8.41. The van der Waals surface area contributed by atoms with Crippen molar-refractivity contribution in [3.8, 4) is 0 Å². The normalized spacial score (nSPS) is 10.4. The van der Waals surface area contributed by atoms with Gasteiger partial charge in [-0.05, 0) is 24.5 Å². The lowest BCUT2D eigenvalue weighted by Gasteiger charge is -2.09. The van der Waals surface area contributed by atoms with Crippen LogP contribution in [0.5, 0.6) is 0 Å². The van der Waals surface area contributed by atoms with Crippen LogP contribution >= 0.6 is 0 Å². The smallest absolute Gasteiger partial charge is 0.340 e. The second-order valence-electron chi connectivity index (χ2n) is 4.45. The molecule has 0 heterocycles. The number of amides is 1. The van der Waals surface area contributed by atoms with Crippen molar-refractivity contribution in [3.63, 3.8) is 0 Å². The number of hydrogen-bond acceptors (Lipinski definition) is 2. The van der Waals surface area contributed by atoms with Gasteiger partial charge in [0.2, 0.25) is 5.91 Å². The summed E-state index contributed by atoms with van der Waals surface area (Å²) >= 11 is 0. The van der Waals surface area contributed by atoms with Crippen LogP contribution in [-0.4, -0.2) is 17.0 Å². The zero-order valence-electron chi connectivity index (χ0n) is 10.4. The van der Waals surface area contributed by atoms with E-state index < -0.39 is 17.3 Å². The molecule has 0 fully saturated rings. The summed E-state index contributed by atoms with van der Waals surface area (Å²) in [7, 11) is 0. The lowest BCUT2D eigenvalue weighted by Crippen LogP contribution is -2.16. The van der Waals surface area contributed by atoms with Crippen molar-refractivity contribution in [1.82, 2.24) is 0 Å². The summed E-state index contributed by atoms with van der Waals surface area (Å²) in [4.78, 5) is 22.5. The minimum Gasteiger partial charge on any atom is -0.478 e. The van der Waals surface area contributed by atoms with Crippen LogP contribution in [0.15, 0.2) is 18.2 Å². The number of anilines is 1. The fourth-order valence-electron chi connectivity index (χ4n) is 1.48. The summed E-state index contributed by atoms with van der Waals surface area (Å²) in [5.41, 5.74) is -0.508. The Morgan fingerprint density at radius 1 is 1.39 bits per heavy atom. The number of nitrogens with one attached hydrogen (secondary N) is 1. The van der Waals surface area contributed by atoms with Crippen LogP contribution in [-0.2, 0) is 4.79 Å². The fraction of sp³-hybridized carbons (Fsp3) is 0.385. The van der Waals surface area contributed by atoms with E-state index in [0.717, 1.165) is 6.07 Å². The van der Waals surface area contributed by atoms with E-state index in [1.165, 1.54) is 12.1 Å². The molecular weight excluding hydrogens is 237 g/mol. The largest absolute Gasteiger partial charge is 0.478 e. The zero-order valence-corrected chi connectivity index (χ0v) is 10.4. The standard InChI is InChI=1S/C13H16FNO3/c1-8(2)6-7-11(16)15-10-5-3-4-9(14)12(10)13(17)18/h3-5,8H,6-7H2,1-2H3,(H,15,16)(H,17,18). The lowest BCUT2D eigenvalue weighted by atomic mass is 10.1. The van der Waals surface area contributed by atoms with Gasteiger partial charge in [-0.15, -0.1) is 0 Å². The third-order valence-electron chi connectivity index (χ3n) is 2.45. The van der Waals surface area contributed by atoms with Crippen molar-refractivity contribution in [1.29, 1.82) is 0 Å². The van der Waals surface area contributed by atoms with Crippen LogP contribution in [0, 0.1) is 11.7 Å². The van der Waals surface area contributed by atoms with E-state index in [-0.39, 0.29) is 18.0 Å². The van der Waals surface area contributed by atoms with Gasteiger partial charge in [-0.3, -0.25) is 4.79 Å². The molecule has 0 atom stereocenters. The van der Waals surface area contributed by atoms with E-state index >= 15 is 0 Å². The van der Waals surface area contributed by atoms with Gasteiger partial charge < -0.3 is 10.4 Å². The molecule has 18 heavy (non-hydrogen) atoms. The van der Waals surface area contributed by atoms with Gasteiger partial charge >= 0.3 is 5.97 Å². The van der Waals surface area contributed by atoms with Gasteiger partial charge in [0, 0.05) is 6.42 Å². The van der Waals surface area contributed by atoms with Crippen molar-refractivity contribution in [3.05, 3.63) is 29.6 Å². The van der Waals surface area contributed by atoms with Gasteiger partial charge in [0.1, 0.15) is 11.4 Å². The van der Waals surface area contributed by atoms with Gasteiger partial charge in [0.05, 0.1) is 5.69 Å². The second kappa shape index (κ2) is 6.14. The number of carbonyl (C=O) groups is 2. The Morgan fingerprint density at radius 2 is 2.06 bits per heavy atom. The number of hydrogen-bond donors (Lipinski definition) is 2. The van der Waals surface area contributed by atoms with Crippen molar-refractivity contribution >= 4 is 17.6 Å². The third kappa shape index (κ3) is 3.84. The predicted molar refractivity (Wildman–Crippen MR) is 66.1 cm³/mol. The molecule has 1 aromatic rings. The average Bonchev–Trinajstić information content (AvgIpc) is 2.26. The van der Waals surface area contributed by atoms with Crippen molar-refractivity contribution < 1.29 is 19.1 Å². The Kier molecular flexibility index (Phi) is 4.83. The molecule has 0 unspecified atom stereocenters. The Morgan fingerprint density at radius 3 is 2.61 bits per heavy atom. The number of carboxylic acids is 1. The van der Waals surface area contributed by atoms with E-state index in [1.807, 2.05) is 13.8 Å². The highest BCUT2D eigenvalue weighted by molar-refractivity contribution is 6.00. The SMILES string of the molecule is CC(C)CCC(=O)Nc1cccc(F)c1C(=O)O. The topological polar surface area (TPSA) is 66.4 Å². The Bertz CT molecular complexity index is 458. The summed E-state index contributed by atoms with van der Waals surface area (Å²) < 4.78 is 13.3. The van der Waals surface area contributed by atoms with Crippen LogP contribution in [0.1, 0.15) is 37.0 Å². The van der Waals surface area contributed by atoms with Crippen molar-refractivity contribution in [2.24, 2.45) is 5.92 Å². The molecule has 0 aliphatic rings. The van der Waals surface area contributed by atoms with Crippen LogP contribution in [0.2, 0.25) is 0 Å². The molecule has 1 rings (SSSR count). The number of carbonyl (C=O) groups excluding carboxylic acids is 1. The number of aromatic carboxylic acids is 1. The highest BCUT2D eigenvalue weighted by atomic mass is 19.1. The van der Waals surface area contributed by atoms with Crippen molar-refractivity contribution in [2.45, 2.75) is 26.7 Å². The summed E-state index contributed by atoms with van der Waals surface area (Å²) in [6.07, 6.45) is 0.983. The number of carboxylic acid groups (broad SMARTS) is 1. The summed E-state index contributed by atoms with van der Waals surface area (Å²) in [5, 5.41) is 11.3. The first kappa shape index (κ1) is 14.2. The minimum absolute atomic E-state index is 0.00347. The minimum atomic E-state index is -1.40. The molecule has 5 heteroatoms. The Hall–Kier alpha value is -1.91. The van der Waals surface area contributed by atoms with E-state index in [4.69, 9.17) is 5.11 Å². The molecule has 1 aromatic carbocycles. The molecule has 0 aliphatic heterocycles. The van der Waals surface area contributed by atoms with E-state index in [9.17, 15) is 14.0 Å². The first-order valence-corrected chi connectivity index (χ1v) is 5.73. The molecule has 0 spiro atoms. The molecule has 0 bridgehead atoms. The molecule has 0 saturated heterocycles. The summed E-state index contributed by atoms with van der Waals surface area (Å²) in [5.74, 6) is -2.18. The Labute approximate surface area is 105 Å². The van der Waals surface area contributed by atoms with Gasteiger partial charge in [0.25, 0.3) is 0 Å². The number of halogens is 1. The predicted octanol–water partition coefficient (Wildman–Crippen LogP) is 2.90. The molecular formula is C13H16FNO3. The van der Waals surface area contributed by atoms with E-state index in [2.05, 4.69) is 5.32 Å². The van der Waals surface area contributed by atoms with Gasteiger partial charge in [0.15, 0.2) is 0 Å². The molecule has 4 nitrogen and oxygen atoms in total. The van der Waals surface area contributed by atoms with Gasteiger partial charge in [-0.1, -0.05) is 19.9 Å². The molecule has 0 saturated carbocycles. The lowest BCUT2D eigenvalue weighted by molar-refractivity contribution is -0.116. The van der Waals surface area contributed by atoms with Crippen LogP contribution < -0.4 is 5.32 Å². The maximum Gasteiger partial charge on any atom is 0.340 e. The highest BCUT2D eigenvalue weighted by Crippen LogP contribution is 2.19. The van der Waals surface area contributed by atoms with Gasteiger partial charge in [-0.25, -0.2) is 9.18 Å². The third-order valence-corrected chi connectivity index (χ3v) is 2.45. The maximum absolute atomic E-state index is 13.3. The monoisotopic (exact) mass is 253 g/mol. The summed E-state index contributed by atoms with van der Waals surface area (Å²) in [6, 6.07) is 3.78. The van der Waals surface area contributed by atoms with E-state index in [0.29, 0.717) is 12.3 Å². The van der Waals surface area contributed by atoms with Gasteiger partial charge in [-0.2, -0.15) is 0 Å². The molecule has 2 N–H and O–H groups in total. The first-order valence-electron chi connectivity index (χ1n) is 5.73. The quantitative estimate of drug-likeness (QED) is 0.847. The van der Waals surface area contributed by atoms with Crippen molar-refractivity contribution in [2.75, 3.05) is 5.32 Å². The fourth-order valence-corrected chi connectivity index (χ4v) is 1.48. The average molecular weight is 253 g/mol. The summed E-state index contributed by atoms with van der Waals surface area (Å²) in [6.45, 7) is 3.97. The van der Waals surface area contributed by atoms with Crippen LogP contribution in [0.3, 0.4) is 0 Å². The Balaban J connectivity index is 2.81. The number of rotatable bonds is 5. The van der Waals surface area contributed by atoms with Crippen LogP contribution in [0.25, 0.3) is 0 Å². The van der Waals surface area contributed by atoms with Crippen LogP contribution in [0.4, 0.5) is 10.1 Å².